The number of carbonyl (C=O) groups excluding carboxylic acids is 4. The molecule has 0 aromatic carbocycles. The number of carbonyl (C=O) groups is 4. The molecule has 0 aromatic rings. The predicted molar refractivity (Wildman–Crippen MR) is 74.5 cm³/mol. The molecule has 3 saturated heterocycles. The summed E-state index contributed by atoms with van der Waals surface area (Å²) in [6, 6.07) is 0. The van der Waals surface area contributed by atoms with Crippen molar-refractivity contribution in [1.82, 2.24) is 0 Å². The quantitative estimate of drug-likeness (QED) is 0.252. The molecule has 0 spiro atoms. The first-order valence-electron chi connectivity index (χ1n) is 7.53. The molecule has 3 heterocycles. The molecule has 3 fully saturated rings. The van der Waals surface area contributed by atoms with Crippen molar-refractivity contribution in [2.45, 2.75) is 18.0 Å². The van der Waals surface area contributed by atoms with E-state index in [0.29, 0.717) is 0 Å². The molecular formula is C15H18O10. The molecule has 0 saturated carbocycles. The van der Waals surface area contributed by atoms with Crippen LogP contribution in [-0.2, 0) is 47.6 Å². The number of rotatable bonds is 5. The van der Waals surface area contributed by atoms with Crippen molar-refractivity contribution in [1.29, 1.82) is 0 Å². The maximum Gasteiger partial charge on any atom is 0.320 e. The van der Waals surface area contributed by atoms with Crippen LogP contribution in [-0.4, -0.2) is 70.3 Å². The van der Waals surface area contributed by atoms with Crippen LogP contribution in [0.3, 0.4) is 0 Å². The van der Waals surface area contributed by atoms with Gasteiger partial charge in [0, 0.05) is 14.2 Å². The average molecular weight is 358 g/mol. The van der Waals surface area contributed by atoms with Gasteiger partial charge in [-0.1, -0.05) is 0 Å². The summed E-state index contributed by atoms with van der Waals surface area (Å²) in [4.78, 5) is 49.2. The van der Waals surface area contributed by atoms with Crippen LogP contribution in [0.15, 0.2) is 0 Å². The molecule has 0 aliphatic carbocycles. The lowest BCUT2D eigenvalue weighted by Crippen LogP contribution is -2.61. The summed E-state index contributed by atoms with van der Waals surface area (Å²) in [5.74, 6) is -7.87. The van der Waals surface area contributed by atoms with Gasteiger partial charge in [0.15, 0.2) is 6.29 Å². The Balaban J connectivity index is 2.20. The Labute approximate surface area is 142 Å². The summed E-state index contributed by atoms with van der Waals surface area (Å²) in [5, 5.41) is 0. The lowest BCUT2D eigenvalue weighted by Gasteiger charge is -2.40. The number of fused-ring (bicyclic) bond motifs is 5. The highest BCUT2D eigenvalue weighted by molar-refractivity contribution is 6.01. The van der Waals surface area contributed by atoms with Crippen molar-refractivity contribution in [2.75, 3.05) is 28.4 Å². The predicted octanol–water partition coefficient (Wildman–Crippen LogP) is -1.35. The smallest absolute Gasteiger partial charge is 0.320 e. The molecule has 2 bridgehead atoms. The highest BCUT2D eigenvalue weighted by Gasteiger charge is 2.81. The van der Waals surface area contributed by atoms with Crippen molar-refractivity contribution in [3.63, 3.8) is 0 Å². The van der Waals surface area contributed by atoms with Gasteiger partial charge in [-0.3, -0.25) is 19.2 Å². The summed E-state index contributed by atoms with van der Waals surface area (Å²) in [6.45, 7) is 0. The fourth-order valence-electron chi connectivity index (χ4n) is 4.40. The Kier molecular flexibility index (Phi) is 4.30. The zero-order chi connectivity index (χ0) is 18.5. The van der Waals surface area contributed by atoms with Crippen LogP contribution in [0.4, 0.5) is 0 Å². The lowest BCUT2D eigenvalue weighted by molar-refractivity contribution is -0.240. The van der Waals surface area contributed by atoms with Gasteiger partial charge in [0.1, 0.15) is 29.3 Å². The van der Waals surface area contributed by atoms with Crippen molar-refractivity contribution < 1.29 is 47.6 Å². The Hall–Kier alpha value is -2.04. The topological polar surface area (TPSA) is 124 Å². The number of cyclic esters (lactones) is 2. The maximum atomic E-state index is 12.5. The van der Waals surface area contributed by atoms with Gasteiger partial charge < -0.3 is 28.4 Å². The molecule has 3 aliphatic rings. The van der Waals surface area contributed by atoms with E-state index >= 15 is 0 Å². The van der Waals surface area contributed by atoms with Crippen LogP contribution in [0.1, 0.15) is 0 Å². The van der Waals surface area contributed by atoms with Gasteiger partial charge in [0.05, 0.1) is 20.3 Å². The molecule has 10 nitrogen and oxygen atoms in total. The number of hydrogen-bond donors (Lipinski definition) is 0. The van der Waals surface area contributed by atoms with Crippen LogP contribution >= 0.6 is 0 Å². The third-order valence-electron chi connectivity index (χ3n) is 5.19. The van der Waals surface area contributed by atoms with Gasteiger partial charge in [-0.15, -0.1) is 0 Å². The molecule has 25 heavy (non-hydrogen) atoms. The monoisotopic (exact) mass is 358 g/mol. The molecule has 10 heteroatoms. The minimum atomic E-state index is -1.74. The van der Waals surface area contributed by atoms with E-state index in [1.807, 2.05) is 0 Å². The van der Waals surface area contributed by atoms with E-state index in [-0.39, 0.29) is 0 Å². The van der Waals surface area contributed by atoms with Crippen LogP contribution in [0.2, 0.25) is 0 Å². The van der Waals surface area contributed by atoms with Crippen molar-refractivity contribution in [3.8, 4) is 0 Å². The van der Waals surface area contributed by atoms with E-state index in [4.69, 9.17) is 28.4 Å². The summed E-state index contributed by atoms with van der Waals surface area (Å²) in [5.41, 5.74) is -1.74. The van der Waals surface area contributed by atoms with Crippen LogP contribution < -0.4 is 0 Å². The molecule has 0 aromatic heterocycles. The Morgan fingerprint density at radius 3 is 2.12 bits per heavy atom. The Bertz CT molecular complexity index is 626. The maximum absolute atomic E-state index is 12.5. The van der Waals surface area contributed by atoms with Gasteiger partial charge in [-0.2, -0.15) is 0 Å². The van der Waals surface area contributed by atoms with Gasteiger partial charge in [-0.05, 0) is 0 Å². The van der Waals surface area contributed by atoms with E-state index in [2.05, 4.69) is 0 Å². The fraction of sp³-hybridized carbons (Fsp3) is 0.733. The molecule has 3 aliphatic heterocycles. The van der Waals surface area contributed by atoms with Crippen LogP contribution in [0.25, 0.3) is 0 Å². The average Bonchev–Trinajstić information content (AvgIpc) is 3.22. The molecule has 0 N–H and O–H groups in total. The summed E-state index contributed by atoms with van der Waals surface area (Å²) in [7, 11) is 4.86. The first kappa shape index (κ1) is 17.8. The third-order valence-corrected chi connectivity index (χ3v) is 5.19. The van der Waals surface area contributed by atoms with Crippen molar-refractivity contribution in [2.24, 2.45) is 23.7 Å². The van der Waals surface area contributed by atoms with Gasteiger partial charge in [0.25, 0.3) is 0 Å². The second-order valence-electron chi connectivity index (χ2n) is 6.03. The number of hydrogen-bond acceptors (Lipinski definition) is 10. The van der Waals surface area contributed by atoms with E-state index in [1.54, 1.807) is 0 Å². The molecule has 138 valence electrons. The molecule has 3 rings (SSSR count). The standard InChI is InChI=1S/C15H18O10/c1-20-10(16)5-7(12(18)21-2)15(14(22-3)23-4)8-6(9(5)25-15)11(17)24-13(8)19/h5-9,14H,1-4H3/t5-,6+,7-,8+,9-,15+/m1/s1. The second-order valence-corrected chi connectivity index (χ2v) is 6.03. The van der Waals surface area contributed by atoms with E-state index in [1.165, 1.54) is 14.2 Å². The molecule has 0 unspecified atom stereocenters. The Morgan fingerprint density at radius 1 is 1.00 bits per heavy atom. The normalized spacial score (nSPS) is 38.7. The van der Waals surface area contributed by atoms with E-state index in [0.717, 1.165) is 14.2 Å². The number of methoxy groups -OCH3 is 4. The zero-order valence-corrected chi connectivity index (χ0v) is 14.0. The third kappa shape index (κ3) is 2.07. The SMILES string of the molecule is COC(=O)[C@H]1[C@H]2O[C@](C(OC)OC)([C@@H]3C(=O)OC(=O)[C@H]23)[C@H]1C(=O)OC. The minimum Gasteiger partial charge on any atom is -0.469 e. The first-order valence-corrected chi connectivity index (χ1v) is 7.53. The number of ether oxygens (including phenoxy) is 6. The molecular weight excluding hydrogens is 340 g/mol. The van der Waals surface area contributed by atoms with Gasteiger partial charge >= 0.3 is 23.9 Å². The van der Waals surface area contributed by atoms with Crippen molar-refractivity contribution in [3.05, 3.63) is 0 Å². The largest absolute Gasteiger partial charge is 0.469 e. The summed E-state index contributed by atoms with van der Waals surface area (Å²) < 4.78 is 30.7. The number of esters is 4. The fourth-order valence-corrected chi connectivity index (χ4v) is 4.40. The summed E-state index contributed by atoms with van der Waals surface area (Å²) in [6.07, 6.45) is -2.31. The van der Waals surface area contributed by atoms with Crippen LogP contribution in [0, 0.1) is 23.7 Å². The summed E-state index contributed by atoms with van der Waals surface area (Å²) >= 11 is 0. The first-order chi connectivity index (χ1) is 11.9. The van der Waals surface area contributed by atoms with Gasteiger partial charge in [-0.25, -0.2) is 0 Å². The molecule has 6 atom stereocenters. The second kappa shape index (κ2) is 6.04. The lowest BCUT2D eigenvalue weighted by atomic mass is 9.61. The minimum absolute atomic E-state index is 0.765. The Morgan fingerprint density at radius 2 is 1.60 bits per heavy atom. The zero-order valence-electron chi connectivity index (χ0n) is 14.0. The van der Waals surface area contributed by atoms with Crippen molar-refractivity contribution >= 4 is 23.9 Å². The highest BCUT2D eigenvalue weighted by atomic mass is 16.7. The van der Waals surface area contributed by atoms with E-state index in [9.17, 15) is 19.2 Å². The van der Waals surface area contributed by atoms with Crippen LogP contribution in [0.5, 0.6) is 0 Å². The molecule has 0 radical (unpaired) electrons. The molecule has 0 amide bonds. The highest BCUT2D eigenvalue weighted by Crippen LogP contribution is 2.62. The van der Waals surface area contributed by atoms with E-state index < -0.39 is 65.5 Å². The van der Waals surface area contributed by atoms with Gasteiger partial charge in [0.2, 0.25) is 0 Å².